The van der Waals surface area contributed by atoms with Crippen LogP contribution in [0.5, 0.6) is 5.75 Å². The van der Waals surface area contributed by atoms with E-state index in [4.69, 9.17) is 27.9 Å². The number of benzene rings is 4. The van der Waals surface area contributed by atoms with Crippen LogP contribution in [-0.4, -0.2) is 5.91 Å². The van der Waals surface area contributed by atoms with E-state index in [0.29, 0.717) is 22.2 Å². The first-order chi connectivity index (χ1) is 16.1. The Balaban J connectivity index is 1.43. The molecule has 1 atom stereocenters. The Morgan fingerprint density at radius 1 is 0.818 bits per heavy atom. The number of nitrogens with one attached hydrogen (secondary N) is 1. The van der Waals surface area contributed by atoms with Gasteiger partial charge in [0, 0.05) is 21.4 Å². The molecule has 4 aromatic rings. The minimum Gasteiger partial charge on any atom is -0.489 e. The largest absolute Gasteiger partial charge is 0.489 e. The minimum atomic E-state index is -0.392. The van der Waals surface area contributed by atoms with Crippen molar-refractivity contribution in [1.82, 2.24) is 0 Å². The monoisotopic (exact) mass is 474 g/mol. The van der Waals surface area contributed by atoms with Crippen LogP contribution in [0.15, 0.2) is 97.1 Å². The number of rotatable bonds is 5. The van der Waals surface area contributed by atoms with Crippen LogP contribution in [0.2, 0.25) is 10.0 Å². The maximum atomic E-state index is 13.5. The maximum absolute atomic E-state index is 13.5. The van der Waals surface area contributed by atoms with Gasteiger partial charge in [-0.1, -0.05) is 65.7 Å². The number of carbonyl (C=O) groups is 1. The second-order valence-corrected chi connectivity index (χ2v) is 8.60. The summed E-state index contributed by atoms with van der Waals surface area (Å²) in [5.74, 6) is 0.658. The van der Waals surface area contributed by atoms with Gasteiger partial charge in [-0.15, -0.1) is 0 Å². The summed E-state index contributed by atoms with van der Waals surface area (Å²) in [6.07, 6.45) is -0.392. The molecule has 1 amide bonds. The lowest BCUT2D eigenvalue weighted by molar-refractivity contribution is 0.0975. The molecule has 164 valence electrons. The summed E-state index contributed by atoms with van der Waals surface area (Å²) >= 11 is 12.2. The first kappa shape index (κ1) is 21.4. The van der Waals surface area contributed by atoms with Crippen molar-refractivity contribution in [2.75, 3.05) is 10.2 Å². The molecule has 0 saturated carbocycles. The Kier molecular flexibility index (Phi) is 5.95. The predicted molar refractivity (Wildman–Crippen MR) is 133 cm³/mol. The highest BCUT2D eigenvalue weighted by molar-refractivity contribution is 6.31. The van der Waals surface area contributed by atoms with E-state index in [1.54, 1.807) is 17.0 Å². The number of carbonyl (C=O) groups excluding carboxylic acids is 1. The highest BCUT2D eigenvalue weighted by atomic mass is 35.5. The van der Waals surface area contributed by atoms with Crippen LogP contribution in [0.3, 0.4) is 0 Å². The van der Waals surface area contributed by atoms with Gasteiger partial charge < -0.3 is 10.1 Å². The number of hydrogen-bond donors (Lipinski definition) is 1. The Labute approximate surface area is 202 Å². The fourth-order valence-corrected chi connectivity index (χ4v) is 4.18. The smallest absolute Gasteiger partial charge is 0.262 e. The van der Waals surface area contributed by atoms with E-state index >= 15 is 0 Å². The van der Waals surface area contributed by atoms with Crippen molar-refractivity contribution >= 4 is 40.5 Å². The third-order valence-electron chi connectivity index (χ3n) is 5.53. The lowest BCUT2D eigenvalue weighted by Crippen LogP contribution is -2.43. The highest BCUT2D eigenvalue weighted by Crippen LogP contribution is 2.37. The van der Waals surface area contributed by atoms with Crippen molar-refractivity contribution in [1.29, 1.82) is 0 Å². The van der Waals surface area contributed by atoms with Gasteiger partial charge in [-0.25, -0.2) is 0 Å². The molecule has 1 N–H and O–H groups in total. The van der Waals surface area contributed by atoms with E-state index in [2.05, 4.69) is 5.32 Å². The third kappa shape index (κ3) is 4.54. The van der Waals surface area contributed by atoms with Crippen molar-refractivity contribution in [3.8, 4) is 5.75 Å². The SMILES string of the molecule is O=C1c2ccccc2NC(c2ccc(OCc3ccc(Cl)cc3)cc2)N1c1cccc(Cl)c1. The van der Waals surface area contributed by atoms with E-state index in [9.17, 15) is 4.79 Å². The van der Waals surface area contributed by atoms with E-state index in [1.165, 1.54) is 0 Å². The lowest BCUT2D eigenvalue weighted by atomic mass is 10.0. The summed E-state index contributed by atoms with van der Waals surface area (Å²) < 4.78 is 5.92. The second-order valence-electron chi connectivity index (χ2n) is 7.73. The van der Waals surface area contributed by atoms with E-state index in [-0.39, 0.29) is 5.91 Å². The zero-order chi connectivity index (χ0) is 22.8. The Morgan fingerprint density at radius 2 is 1.58 bits per heavy atom. The molecule has 0 spiro atoms. The van der Waals surface area contributed by atoms with Crippen LogP contribution >= 0.6 is 23.2 Å². The van der Waals surface area contributed by atoms with Gasteiger partial charge in [-0.2, -0.15) is 0 Å². The zero-order valence-electron chi connectivity index (χ0n) is 17.5. The normalized spacial score (nSPS) is 15.0. The summed E-state index contributed by atoms with van der Waals surface area (Å²) in [6.45, 7) is 0.443. The molecule has 33 heavy (non-hydrogen) atoms. The molecule has 4 nitrogen and oxygen atoms in total. The van der Waals surface area contributed by atoms with Crippen molar-refractivity contribution in [3.05, 3.63) is 124 Å². The number of nitrogens with zero attached hydrogens (tertiary/aromatic N) is 1. The van der Waals surface area contributed by atoms with E-state index < -0.39 is 6.17 Å². The molecule has 1 unspecified atom stereocenters. The van der Waals surface area contributed by atoms with Gasteiger partial charge >= 0.3 is 0 Å². The van der Waals surface area contributed by atoms with Crippen molar-refractivity contribution in [3.63, 3.8) is 0 Å². The van der Waals surface area contributed by atoms with Gasteiger partial charge in [-0.05, 0) is 65.7 Å². The topological polar surface area (TPSA) is 41.6 Å². The number of hydrogen-bond acceptors (Lipinski definition) is 3. The third-order valence-corrected chi connectivity index (χ3v) is 6.01. The number of para-hydroxylation sites is 1. The summed E-state index contributed by atoms with van der Waals surface area (Å²) in [7, 11) is 0. The van der Waals surface area contributed by atoms with Gasteiger partial charge in [0.15, 0.2) is 0 Å². The maximum Gasteiger partial charge on any atom is 0.262 e. The number of halogens is 2. The van der Waals surface area contributed by atoms with Gasteiger partial charge in [0.05, 0.1) is 5.56 Å². The number of fused-ring (bicyclic) bond motifs is 1. The lowest BCUT2D eigenvalue weighted by Gasteiger charge is -2.38. The molecule has 6 heteroatoms. The molecule has 0 bridgehead atoms. The average molecular weight is 475 g/mol. The van der Waals surface area contributed by atoms with Crippen LogP contribution < -0.4 is 15.0 Å². The van der Waals surface area contributed by atoms with Crippen molar-refractivity contribution < 1.29 is 9.53 Å². The van der Waals surface area contributed by atoms with Crippen LogP contribution in [-0.2, 0) is 6.61 Å². The van der Waals surface area contributed by atoms with E-state index in [0.717, 1.165) is 28.3 Å². The fraction of sp³-hybridized carbons (Fsp3) is 0.0741. The quantitative estimate of drug-likeness (QED) is 0.328. The molecular weight excluding hydrogens is 455 g/mol. The Bertz CT molecular complexity index is 1290. The van der Waals surface area contributed by atoms with E-state index in [1.807, 2.05) is 84.9 Å². The Hall–Kier alpha value is -3.47. The number of ether oxygens (including phenoxy) is 1. The highest BCUT2D eigenvalue weighted by Gasteiger charge is 2.34. The molecule has 0 aromatic heterocycles. The van der Waals surface area contributed by atoms with Crippen molar-refractivity contribution in [2.24, 2.45) is 0 Å². The summed E-state index contributed by atoms with van der Waals surface area (Å²) in [5.41, 5.74) is 4.11. The molecule has 5 rings (SSSR count). The predicted octanol–water partition coefficient (Wildman–Crippen LogP) is 7.34. The van der Waals surface area contributed by atoms with Crippen LogP contribution in [0, 0.1) is 0 Å². The first-order valence-electron chi connectivity index (χ1n) is 10.5. The molecule has 1 heterocycles. The van der Waals surface area contributed by atoms with Crippen LogP contribution in [0.25, 0.3) is 0 Å². The molecule has 0 fully saturated rings. The number of anilines is 2. The van der Waals surface area contributed by atoms with Gasteiger partial charge in [0.25, 0.3) is 5.91 Å². The van der Waals surface area contributed by atoms with Crippen LogP contribution in [0.4, 0.5) is 11.4 Å². The molecule has 0 aliphatic carbocycles. The van der Waals surface area contributed by atoms with Gasteiger partial charge in [0.2, 0.25) is 0 Å². The van der Waals surface area contributed by atoms with Gasteiger partial charge in [-0.3, -0.25) is 9.69 Å². The second kappa shape index (κ2) is 9.18. The summed E-state index contributed by atoms with van der Waals surface area (Å²) in [5, 5.41) is 4.77. The molecule has 1 aliphatic rings. The van der Waals surface area contributed by atoms with Crippen molar-refractivity contribution in [2.45, 2.75) is 12.8 Å². The molecule has 1 aliphatic heterocycles. The first-order valence-corrected chi connectivity index (χ1v) is 11.3. The molecule has 0 radical (unpaired) electrons. The Morgan fingerprint density at radius 3 is 2.33 bits per heavy atom. The number of amides is 1. The van der Waals surface area contributed by atoms with Crippen LogP contribution in [0.1, 0.15) is 27.7 Å². The molecular formula is C27H20Cl2N2O2. The fourth-order valence-electron chi connectivity index (χ4n) is 3.87. The minimum absolute atomic E-state index is 0.0836. The summed E-state index contributed by atoms with van der Waals surface area (Å²) in [6, 6.07) is 30.2. The molecule has 4 aromatic carbocycles. The zero-order valence-corrected chi connectivity index (χ0v) is 19.1. The van der Waals surface area contributed by atoms with Gasteiger partial charge in [0.1, 0.15) is 18.5 Å². The average Bonchev–Trinajstić information content (AvgIpc) is 2.84. The molecule has 0 saturated heterocycles. The standard InChI is InChI=1S/C27H20Cl2N2O2/c28-20-12-8-18(9-13-20)17-33-23-14-10-19(11-15-23)26-30-25-7-2-1-6-24(25)27(32)31(26)22-5-3-4-21(29)16-22/h1-16,26,30H,17H2. The summed E-state index contributed by atoms with van der Waals surface area (Å²) in [4.78, 5) is 15.2.